The summed E-state index contributed by atoms with van der Waals surface area (Å²) in [5.41, 5.74) is 12.3. The maximum absolute atomic E-state index is 13.0. The lowest BCUT2D eigenvalue weighted by Crippen LogP contribution is -2.56. The number of nitrogens with two attached hydrogens (primary N) is 2. The number of rotatable bonds is 8. The molecule has 1 aromatic heterocycles. The van der Waals surface area contributed by atoms with Gasteiger partial charge in [-0.25, -0.2) is 4.98 Å². The van der Waals surface area contributed by atoms with E-state index in [1.54, 1.807) is 11.1 Å². The second-order valence-corrected chi connectivity index (χ2v) is 7.31. The van der Waals surface area contributed by atoms with Crippen LogP contribution in [0.5, 0.6) is 0 Å². The van der Waals surface area contributed by atoms with Gasteiger partial charge in [0.2, 0.25) is 11.8 Å². The minimum absolute atomic E-state index is 0.267. The number of hydrogen-bond acceptors (Lipinski definition) is 6. The molecule has 0 aliphatic carbocycles. The van der Waals surface area contributed by atoms with Gasteiger partial charge in [0.25, 0.3) is 0 Å². The zero-order valence-corrected chi connectivity index (χ0v) is 15.4. The molecule has 0 saturated carbocycles. The maximum atomic E-state index is 13.0. The van der Waals surface area contributed by atoms with E-state index in [0.29, 0.717) is 19.4 Å². The normalized spacial score (nSPS) is 20.8. The third-order valence-electron chi connectivity index (χ3n) is 4.63. The molecule has 146 valence electrons. The van der Waals surface area contributed by atoms with E-state index in [1.807, 2.05) is 13.8 Å². The zero-order valence-electron chi connectivity index (χ0n) is 15.4. The molecule has 1 saturated heterocycles. The van der Waals surface area contributed by atoms with Gasteiger partial charge < -0.3 is 31.8 Å². The van der Waals surface area contributed by atoms with Crippen LogP contribution in [-0.2, 0) is 16.0 Å². The van der Waals surface area contributed by atoms with Gasteiger partial charge >= 0.3 is 0 Å². The van der Waals surface area contributed by atoms with Crippen LogP contribution in [0.2, 0.25) is 0 Å². The van der Waals surface area contributed by atoms with Gasteiger partial charge in [0.1, 0.15) is 12.3 Å². The van der Waals surface area contributed by atoms with Crippen LogP contribution >= 0.6 is 0 Å². The Morgan fingerprint density at radius 3 is 2.77 bits per heavy atom. The molecule has 0 radical (unpaired) electrons. The Kier molecular flexibility index (Phi) is 7.13. The quantitative estimate of drug-likeness (QED) is 0.375. The highest BCUT2D eigenvalue weighted by molar-refractivity contribution is 5.90. The Balaban J connectivity index is 2.12. The van der Waals surface area contributed by atoms with Crippen LogP contribution in [0.25, 0.3) is 0 Å². The van der Waals surface area contributed by atoms with Crippen LogP contribution in [0.15, 0.2) is 12.5 Å². The van der Waals surface area contributed by atoms with Crippen molar-refractivity contribution in [1.82, 2.24) is 20.2 Å². The number of amides is 2. The van der Waals surface area contributed by atoms with E-state index in [0.717, 1.165) is 12.1 Å². The topological polar surface area (TPSA) is 150 Å². The lowest BCUT2D eigenvalue weighted by molar-refractivity contribution is -0.139. The number of carbonyl (C=O) groups excluding carboxylic acids is 2. The molecule has 0 aromatic carbocycles. The SMILES string of the molecule is CC(C)C[C@H](N)C(=O)NC(Cc1cnc[nH]1)C(=O)N1CCCC1C(N)O. The summed E-state index contributed by atoms with van der Waals surface area (Å²) in [4.78, 5) is 33.9. The number of nitrogens with zero attached hydrogens (tertiary/aromatic N) is 2. The molecule has 1 aliphatic rings. The number of aliphatic hydroxyl groups excluding tert-OH is 1. The van der Waals surface area contributed by atoms with Gasteiger partial charge in [-0.05, 0) is 25.2 Å². The van der Waals surface area contributed by atoms with E-state index < -0.39 is 24.4 Å². The Morgan fingerprint density at radius 1 is 1.46 bits per heavy atom. The average molecular weight is 366 g/mol. The summed E-state index contributed by atoms with van der Waals surface area (Å²) < 4.78 is 0. The highest BCUT2D eigenvalue weighted by Gasteiger charge is 2.37. The molecule has 2 heterocycles. The Morgan fingerprint density at radius 2 is 2.19 bits per heavy atom. The van der Waals surface area contributed by atoms with Gasteiger partial charge in [-0.3, -0.25) is 9.59 Å². The highest BCUT2D eigenvalue weighted by atomic mass is 16.3. The minimum atomic E-state index is -1.10. The highest BCUT2D eigenvalue weighted by Crippen LogP contribution is 2.20. The van der Waals surface area contributed by atoms with E-state index >= 15 is 0 Å². The third kappa shape index (κ3) is 5.26. The average Bonchev–Trinajstić information content (AvgIpc) is 3.24. The number of imidazole rings is 1. The largest absolute Gasteiger partial charge is 0.377 e. The lowest BCUT2D eigenvalue weighted by Gasteiger charge is -2.31. The van der Waals surface area contributed by atoms with Crippen molar-refractivity contribution in [2.45, 2.75) is 63.9 Å². The van der Waals surface area contributed by atoms with Crippen molar-refractivity contribution in [2.75, 3.05) is 6.54 Å². The van der Waals surface area contributed by atoms with Crippen molar-refractivity contribution < 1.29 is 14.7 Å². The maximum Gasteiger partial charge on any atom is 0.245 e. The summed E-state index contributed by atoms with van der Waals surface area (Å²) in [5, 5.41) is 12.5. The van der Waals surface area contributed by atoms with Crippen molar-refractivity contribution in [3.8, 4) is 0 Å². The molecule has 4 atom stereocenters. The number of nitrogens with one attached hydrogen (secondary N) is 2. The van der Waals surface area contributed by atoms with Gasteiger partial charge in [0, 0.05) is 24.9 Å². The third-order valence-corrected chi connectivity index (χ3v) is 4.63. The van der Waals surface area contributed by atoms with Gasteiger partial charge in [-0.1, -0.05) is 13.8 Å². The Bertz CT molecular complexity index is 589. The van der Waals surface area contributed by atoms with E-state index in [2.05, 4.69) is 15.3 Å². The first-order chi connectivity index (χ1) is 12.3. The molecule has 9 heteroatoms. The molecule has 1 aliphatic heterocycles. The van der Waals surface area contributed by atoms with Gasteiger partial charge in [0.15, 0.2) is 0 Å². The predicted octanol–water partition coefficient (Wildman–Crippen LogP) is -0.921. The van der Waals surface area contributed by atoms with Crippen LogP contribution < -0.4 is 16.8 Å². The number of aromatic amines is 1. The fourth-order valence-electron chi connectivity index (χ4n) is 3.33. The molecule has 2 amide bonds. The molecule has 1 aromatic rings. The monoisotopic (exact) mass is 366 g/mol. The molecule has 26 heavy (non-hydrogen) atoms. The molecule has 7 N–H and O–H groups in total. The van der Waals surface area contributed by atoms with E-state index in [4.69, 9.17) is 11.5 Å². The number of hydrogen-bond donors (Lipinski definition) is 5. The van der Waals surface area contributed by atoms with Crippen LogP contribution in [0.3, 0.4) is 0 Å². The summed E-state index contributed by atoms with van der Waals surface area (Å²) >= 11 is 0. The zero-order chi connectivity index (χ0) is 19.3. The predicted molar refractivity (Wildman–Crippen MR) is 96.6 cm³/mol. The first-order valence-corrected chi connectivity index (χ1v) is 9.07. The van der Waals surface area contributed by atoms with Crippen molar-refractivity contribution in [3.05, 3.63) is 18.2 Å². The number of carbonyl (C=O) groups is 2. The first kappa shape index (κ1) is 20.3. The van der Waals surface area contributed by atoms with E-state index in [9.17, 15) is 14.7 Å². The number of aliphatic hydroxyl groups is 1. The fraction of sp³-hybridized carbons (Fsp3) is 0.706. The summed E-state index contributed by atoms with van der Waals surface area (Å²) in [6.07, 6.45) is 4.23. The first-order valence-electron chi connectivity index (χ1n) is 9.07. The van der Waals surface area contributed by atoms with Crippen LogP contribution in [-0.4, -0.2) is 62.7 Å². The molecule has 3 unspecified atom stereocenters. The Hall–Kier alpha value is -1.97. The second kappa shape index (κ2) is 9.11. The van der Waals surface area contributed by atoms with Gasteiger partial charge in [-0.2, -0.15) is 0 Å². The Labute approximate surface area is 153 Å². The number of H-pyrrole nitrogens is 1. The van der Waals surface area contributed by atoms with E-state index in [1.165, 1.54) is 6.33 Å². The van der Waals surface area contributed by atoms with Crippen LogP contribution in [0.4, 0.5) is 0 Å². The minimum Gasteiger partial charge on any atom is -0.377 e. The second-order valence-electron chi connectivity index (χ2n) is 7.31. The summed E-state index contributed by atoms with van der Waals surface area (Å²) in [7, 11) is 0. The summed E-state index contributed by atoms with van der Waals surface area (Å²) in [5.74, 6) is -0.356. The van der Waals surface area contributed by atoms with Gasteiger partial charge in [-0.15, -0.1) is 0 Å². The molecular weight excluding hydrogens is 336 g/mol. The lowest BCUT2D eigenvalue weighted by atomic mass is 10.0. The number of likely N-dealkylation sites (tertiary alicyclic amines) is 1. The fourth-order valence-corrected chi connectivity index (χ4v) is 3.33. The van der Waals surface area contributed by atoms with E-state index in [-0.39, 0.29) is 24.2 Å². The summed E-state index contributed by atoms with van der Waals surface area (Å²) in [6, 6.07) is -1.91. The van der Waals surface area contributed by atoms with Crippen LogP contribution in [0, 0.1) is 5.92 Å². The summed E-state index contributed by atoms with van der Waals surface area (Å²) in [6.45, 7) is 4.47. The van der Waals surface area contributed by atoms with Crippen LogP contribution in [0.1, 0.15) is 38.8 Å². The molecule has 1 fully saturated rings. The standard InChI is InChI=1S/C17H30N6O3/c1-10(2)6-12(18)16(25)22-13(7-11-8-20-9-21-11)17(26)23-5-3-4-14(23)15(19)24/h8-10,12-15,24H,3-7,18-19H2,1-2H3,(H,20,21)(H,22,25)/t12-,13?,14?,15?/m0/s1. The van der Waals surface area contributed by atoms with Crippen molar-refractivity contribution >= 4 is 11.8 Å². The molecule has 2 rings (SSSR count). The molecule has 0 bridgehead atoms. The molecular formula is C17H30N6O3. The van der Waals surface area contributed by atoms with Crippen molar-refractivity contribution in [3.63, 3.8) is 0 Å². The molecule has 0 spiro atoms. The van der Waals surface area contributed by atoms with Gasteiger partial charge in [0.05, 0.1) is 18.4 Å². The molecule has 9 nitrogen and oxygen atoms in total. The smallest absolute Gasteiger partial charge is 0.245 e. The van der Waals surface area contributed by atoms with Crippen molar-refractivity contribution in [1.29, 1.82) is 0 Å². The van der Waals surface area contributed by atoms with Crippen molar-refractivity contribution in [2.24, 2.45) is 17.4 Å². The number of aromatic nitrogens is 2.